The van der Waals surface area contributed by atoms with Gasteiger partial charge in [-0.15, -0.1) is 0 Å². The first-order valence-electron chi connectivity index (χ1n) is 20.4. The van der Waals surface area contributed by atoms with Crippen molar-refractivity contribution >= 4 is 19.8 Å². The zero-order valence-electron chi connectivity index (χ0n) is 32.8. The standard InChI is InChI=1S/C41H75O10P/c1-3-5-7-9-11-13-15-17-18-19-21-22-24-26-28-30-32-40(44)48-36-39(37-50-52(46,47)49-35-38(43)34-42)51-41(45)33-31-29-27-25-23-20-16-14-12-10-8-6-4-2/h6,8,12,14,20,23,38-39,42-43H,3-5,7,9-11,13,15-19,21-22,24-37H2,1-2H3,(H,46,47)/b8-6-,14-12-,23-20-. The van der Waals surface area contributed by atoms with Gasteiger partial charge < -0.3 is 24.6 Å². The number of esters is 2. The SMILES string of the molecule is CC/C=C\C/C=C\C/C=C\CCCCCC(=O)OC(COC(=O)CCCCCCCCCCCCCCCCCC)COP(=O)(O)OCC(O)CO. The molecule has 11 heteroatoms. The Balaban J connectivity index is 4.33. The number of phosphoric ester groups is 1. The molecule has 0 amide bonds. The van der Waals surface area contributed by atoms with Crippen LogP contribution in [-0.4, -0.2) is 65.7 Å². The summed E-state index contributed by atoms with van der Waals surface area (Å²) in [5.74, 6) is -0.956. The van der Waals surface area contributed by atoms with Gasteiger partial charge in [0, 0.05) is 12.8 Å². The van der Waals surface area contributed by atoms with Crippen LogP contribution in [0.2, 0.25) is 0 Å². The van der Waals surface area contributed by atoms with E-state index < -0.39 is 51.8 Å². The summed E-state index contributed by atoms with van der Waals surface area (Å²) >= 11 is 0. The van der Waals surface area contributed by atoms with Gasteiger partial charge in [0.25, 0.3) is 0 Å². The van der Waals surface area contributed by atoms with E-state index in [1.165, 1.54) is 77.0 Å². The van der Waals surface area contributed by atoms with Gasteiger partial charge in [-0.2, -0.15) is 0 Å². The molecule has 0 heterocycles. The number of carbonyl (C=O) groups excluding carboxylic acids is 2. The van der Waals surface area contributed by atoms with Crippen LogP contribution in [-0.2, 0) is 32.7 Å². The van der Waals surface area contributed by atoms with Gasteiger partial charge in [-0.25, -0.2) is 4.57 Å². The van der Waals surface area contributed by atoms with Crippen LogP contribution in [0.25, 0.3) is 0 Å². The first-order valence-corrected chi connectivity index (χ1v) is 21.9. The Morgan fingerprint density at radius 2 is 1.06 bits per heavy atom. The third kappa shape index (κ3) is 36.5. The molecule has 0 aliphatic heterocycles. The normalized spacial score (nSPS) is 14.3. The summed E-state index contributed by atoms with van der Waals surface area (Å²) in [6.45, 7) is 2.23. The molecule has 52 heavy (non-hydrogen) atoms. The molecule has 0 aliphatic carbocycles. The second-order valence-corrected chi connectivity index (χ2v) is 15.1. The summed E-state index contributed by atoms with van der Waals surface area (Å²) in [6.07, 6.45) is 36.9. The number of unbranched alkanes of at least 4 members (excludes halogenated alkanes) is 18. The largest absolute Gasteiger partial charge is 0.472 e. The molecule has 0 spiro atoms. The molecule has 3 N–H and O–H groups in total. The number of aliphatic hydroxyl groups is 2. The molecular formula is C41H75O10P. The fourth-order valence-electron chi connectivity index (χ4n) is 5.42. The van der Waals surface area contributed by atoms with E-state index in [9.17, 15) is 24.2 Å². The van der Waals surface area contributed by atoms with Crippen LogP contribution in [0.4, 0.5) is 0 Å². The zero-order valence-corrected chi connectivity index (χ0v) is 33.7. The Morgan fingerprint density at radius 1 is 0.596 bits per heavy atom. The highest BCUT2D eigenvalue weighted by molar-refractivity contribution is 7.47. The molecule has 10 nitrogen and oxygen atoms in total. The maximum absolute atomic E-state index is 12.5. The molecule has 0 radical (unpaired) electrons. The lowest BCUT2D eigenvalue weighted by molar-refractivity contribution is -0.161. The van der Waals surface area contributed by atoms with Crippen LogP contribution in [0.3, 0.4) is 0 Å². The number of ether oxygens (including phenoxy) is 2. The second-order valence-electron chi connectivity index (χ2n) is 13.6. The van der Waals surface area contributed by atoms with E-state index in [-0.39, 0.29) is 19.4 Å². The molecule has 0 fully saturated rings. The van der Waals surface area contributed by atoms with Gasteiger partial charge in [-0.1, -0.05) is 153 Å². The summed E-state index contributed by atoms with van der Waals surface area (Å²) in [6, 6.07) is 0. The highest BCUT2D eigenvalue weighted by Gasteiger charge is 2.27. The predicted octanol–water partition coefficient (Wildman–Crippen LogP) is 10.4. The Kier molecular flexibility index (Phi) is 36.2. The first kappa shape index (κ1) is 50.2. The fraction of sp³-hybridized carbons (Fsp3) is 0.805. The molecule has 3 unspecified atom stereocenters. The lowest BCUT2D eigenvalue weighted by Crippen LogP contribution is -2.29. The van der Waals surface area contributed by atoms with Gasteiger partial charge in [0.2, 0.25) is 0 Å². The van der Waals surface area contributed by atoms with Gasteiger partial charge >= 0.3 is 19.8 Å². The maximum Gasteiger partial charge on any atom is 0.472 e. The summed E-state index contributed by atoms with van der Waals surface area (Å²) < 4.78 is 32.6. The fourth-order valence-corrected chi connectivity index (χ4v) is 6.21. The third-order valence-corrected chi connectivity index (χ3v) is 9.51. The molecule has 0 aromatic heterocycles. The van der Waals surface area contributed by atoms with Crippen LogP contribution >= 0.6 is 7.82 Å². The van der Waals surface area contributed by atoms with Gasteiger partial charge in [-0.05, 0) is 44.9 Å². The molecular weight excluding hydrogens is 683 g/mol. The van der Waals surface area contributed by atoms with E-state index in [0.717, 1.165) is 57.8 Å². The van der Waals surface area contributed by atoms with E-state index in [1.54, 1.807) is 0 Å². The van der Waals surface area contributed by atoms with Crippen molar-refractivity contribution in [3.63, 3.8) is 0 Å². The summed E-state index contributed by atoms with van der Waals surface area (Å²) in [5.41, 5.74) is 0. The van der Waals surface area contributed by atoms with E-state index in [2.05, 4.69) is 54.8 Å². The molecule has 0 aromatic rings. The van der Waals surface area contributed by atoms with Crippen LogP contribution in [0.1, 0.15) is 174 Å². The Hall–Kier alpha value is -1.81. The molecule has 0 aromatic carbocycles. The Bertz CT molecular complexity index is 967. The van der Waals surface area contributed by atoms with Crippen molar-refractivity contribution in [3.8, 4) is 0 Å². The topological polar surface area (TPSA) is 149 Å². The van der Waals surface area contributed by atoms with E-state index in [1.807, 2.05) is 0 Å². The zero-order chi connectivity index (χ0) is 38.4. The number of allylic oxidation sites excluding steroid dienone is 6. The summed E-state index contributed by atoms with van der Waals surface area (Å²) in [5, 5.41) is 18.3. The average molecular weight is 759 g/mol. The Morgan fingerprint density at radius 3 is 1.60 bits per heavy atom. The van der Waals surface area contributed by atoms with Crippen LogP contribution in [0.15, 0.2) is 36.5 Å². The van der Waals surface area contributed by atoms with E-state index in [0.29, 0.717) is 12.8 Å². The van der Waals surface area contributed by atoms with Gasteiger partial charge in [0.05, 0.1) is 19.8 Å². The third-order valence-electron chi connectivity index (χ3n) is 8.56. The minimum atomic E-state index is -4.62. The molecule has 0 saturated carbocycles. The second kappa shape index (κ2) is 37.5. The number of carbonyl (C=O) groups is 2. The lowest BCUT2D eigenvalue weighted by Gasteiger charge is -2.20. The number of hydrogen-bond acceptors (Lipinski definition) is 9. The monoisotopic (exact) mass is 759 g/mol. The van der Waals surface area contributed by atoms with Crippen molar-refractivity contribution in [2.45, 2.75) is 187 Å². The van der Waals surface area contributed by atoms with E-state index in [4.69, 9.17) is 19.1 Å². The molecule has 0 aliphatic rings. The Labute approximate surface area is 316 Å². The van der Waals surface area contributed by atoms with Crippen molar-refractivity contribution in [2.75, 3.05) is 26.4 Å². The summed E-state index contributed by atoms with van der Waals surface area (Å²) in [7, 11) is -4.62. The van der Waals surface area contributed by atoms with Crippen LogP contribution < -0.4 is 0 Å². The van der Waals surface area contributed by atoms with Crippen molar-refractivity contribution in [1.29, 1.82) is 0 Å². The molecule has 0 saturated heterocycles. The number of hydrogen-bond donors (Lipinski definition) is 3. The minimum Gasteiger partial charge on any atom is -0.462 e. The number of phosphoric acid groups is 1. The quantitative estimate of drug-likeness (QED) is 0.0240. The van der Waals surface area contributed by atoms with Crippen LogP contribution in [0.5, 0.6) is 0 Å². The van der Waals surface area contributed by atoms with Crippen LogP contribution in [0, 0.1) is 0 Å². The van der Waals surface area contributed by atoms with E-state index >= 15 is 0 Å². The maximum atomic E-state index is 12.5. The van der Waals surface area contributed by atoms with Gasteiger partial charge in [0.1, 0.15) is 12.7 Å². The first-order chi connectivity index (χ1) is 25.2. The van der Waals surface area contributed by atoms with Crippen molar-refractivity contribution < 1.29 is 47.8 Å². The summed E-state index contributed by atoms with van der Waals surface area (Å²) in [4.78, 5) is 34.9. The number of aliphatic hydroxyl groups excluding tert-OH is 2. The van der Waals surface area contributed by atoms with Crippen molar-refractivity contribution in [1.82, 2.24) is 0 Å². The smallest absolute Gasteiger partial charge is 0.462 e. The van der Waals surface area contributed by atoms with Crippen molar-refractivity contribution in [3.05, 3.63) is 36.5 Å². The lowest BCUT2D eigenvalue weighted by atomic mass is 10.0. The predicted molar refractivity (Wildman–Crippen MR) is 210 cm³/mol. The number of rotatable bonds is 38. The molecule has 0 rings (SSSR count). The average Bonchev–Trinajstić information content (AvgIpc) is 3.13. The molecule has 304 valence electrons. The molecule has 3 atom stereocenters. The van der Waals surface area contributed by atoms with Gasteiger partial charge in [-0.3, -0.25) is 18.6 Å². The van der Waals surface area contributed by atoms with Gasteiger partial charge in [0.15, 0.2) is 6.10 Å². The highest BCUT2D eigenvalue weighted by Crippen LogP contribution is 2.43. The van der Waals surface area contributed by atoms with Crippen molar-refractivity contribution in [2.24, 2.45) is 0 Å². The molecule has 0 bridgehead atoms. The highest BCUT2D eigenvalue weighted by atomic mass is 31.2. The minimum absolute atomic E-state index is 0.150.